The van der Waals surface area contributed by atoms with Crippen molar-refractivity contribution >= 4 is 33.3 Å². The highest BCUT2D eigenvalue weighted by molar-refractivity contribution is 7.16. The quantitative estimate of drug-likeness (QED) is 0.407. The average molecular weight is 455 g/mol. The van der Waals surface area contributed by atoms with Crippen LogP contribution in [0.3, 0.4) is 0 Å². The molecule has 0 spiro atoms. The van der Waals surface area contributed by atoms with Crippen LogP contribution in [0.1, 0.15) is 48.8 Å². The lowest BCUT2D eigenvalue weighted by Gasteiger charge is -2.19. The summed E-state index contributed by atoms with van der Waals surface area (Å²) < 4.78 is 1.96. The molecule has 1 amide bonds. The van der Waals surface area contributed by atoms with Gasteiger partial charge in [-0.1, -0.05) is 57.2 Å². The Morgan fingerprint density at radius 2 is 1.91 bits per heavy atom. The van der Waals surface area contributed by atoms with E-state index in [1.165, 1.54) is 10.4 Å². The van der Waals surface area contributed by atoms with Crippen LogP contribution in [-0.4, -0.2) is 15.5 Å². The number of carbonyl (C=O) groups is 1. The van der Waals surface area contributed by atoms with Crippen molar-refractivity contribution in [2.24, 2.45) is 0 Å². The number of anilines is 1. The molecule has 4 aromatic rings. The second-order valence-electron chi connectivity index (χ2n) is 9.56. The summed E-state index contributed by atoms with van der Waals surface area (Å²) in [4.78, 5) is 19.2. The van der Waals surface area contributed by atoms with Gasteiger partial charge in [0.2, 0.25) is 5.91 Å². The Labute approximate surface area is 197 Å². The number of carbonyl (C=O) groups excluding carboxylic acids is 1. The second-order valence-corrected chi connectivity index (χ2v) is 10.7. The summed E-state index contributed by atoms with van der Waals surface area (Å²) >= 11 is 1.54. The zero-order valence-corrected chi connectivity index (χ0v) is 19.9. The van der Waals surface area contributed by atoms with Gasteiger partial charge < -0.3 is 9.88 Å². The molecule has 5 nitrogen and oxygen atoms in total. The van der Waals surface area contributed by atoms with Crippen LogP contribution in [0.25, 0.3) is 22.4 Å². The van der Waals surface area contributed by atoms with Crippen LogP contribution < -0.4 is 5.32 Å². The number of aromatic nitrogens is 2. The molecule has 6 heteroatoms. The highest BCUT2D eigenvalue weighted by atomic mass is 32.1. The Kier molecular flexibility index (Phi) is 5.30. The monoisotopic (exact) mass is 454 g/mol. The molecular formula is C27H26N4OS. The molecule has 0 atom stereocenters. The normalized spacial score (nSPS) is 13.2. The number of thiophene rings is 1. The molecule has 2 aromatic carbocycles. The first-order valence-electron chi connectivity index (χ1n) is 11.3. The summed E-state index contributed by atoms with van der Waals surface area (Å²) in [7, 11) is 0. The van der Waals surface area contributed by atoms with Crippen LogP contribution in [0, 0.1) is 11.3 Å². The summed E-state index contributed by atoms with van der Waals surface area (Å²) in [5.74, 6) is 0.614. The Morgan fingerprint density at radius 3 is 2.64 bits per heavy atom. The van der Waals surface area contributed by atoms with Crippen molar-refractivity contribution in [2.75, 3.05) is 5.32 Å². The molecule has 33 heavy (non-hydrogen) atoms. The lowest BCUT2D eigenvalue weighted by Crippen LogP contribution is -2.19. The van der Waals surface area contributed by atoms with Gasteiger partial charge in [-0.25, -0.2) is 4.98 Å². The molecule has 0 aliphatic heterocycles. The fourth-order valence-corrected chi connectivity index (χ4v) is 5.75. The third-order valence-electron chi connectivity index (χ3n) is 6.25. The van der Waals surface area contributed by atoms with E-state index >= 15 is 0 Å². The van der Waals surface area contributed by atoms with Crippen molar-refractivity contribution in [3.05, 3.63) is 70.1 Å². The molecule has 0 unspecified atom stereocenters. The van der Waals surface area contributed by atoms with Crippen LogP contribution in [0.5, 0.6) is 0 Å². The number of benzene rings is 2. The van der Waals surface area contributed by atoms with Gasteiger partial charge in [-0.3, -0.25) is 4.79 Å². The standard InChI is InChI=1S/C27H26N4OS/c1-27(2,3)18-13-11-17(12-14-18)25-29-21-8-4-5-9-22(21)31(25)16-24(32)30-26-20(15-28)19-7-6-10-23(19)33-26/h4-5,8-9,11-14H,6-7,10,16H2,1-3H3,(H,30,32). The van der Waals surface area contributed by atoms with E-state index in [4.69, 9.17) is 4.98 Å². The van der Waals surface area contributed by atoms with Gasteiger partial charge in [0.25, 0.3) is 0 Å². The Morgan fingerprint density at radius 1 is 1.15 bits per heavy atom. The van der Waals surface area contributed by atoms with Crippen molar-refractivity contribution in [3.8, 4) is 17.5 Å². The second kappa shape index (κ2) is 8.17. The number of aryl methyl sites for hydroxylation is 1. The molecular weight excluding hydrogens is 428 g/mol. The molecule has 0 saturated carbocycles. The lowest BCUT2D eigenvalue weighted by atomic mass is 9.87. The number of hydrogen-bond donors (Lipinski definition) is 1. The van der Waals surface area contributed by atoms with Crippen LogP contribution in [0.2, 0.25) is 0 Å². The van der Waals surface area contributed by atoms with E-state index in [0.29, 0.717) is 10.6 Å². The Hall–Kier alpha value is -3.43. The van der Waals surface area contributed by atoms with Crippen molar-refractivity contribution < 1.29 is 4.79 Å². The molecule has 2 heterocycles. The summed E-state index contributed by atoms with van der Waals surface area (Å²) in [5.41, 5.74) is 5.81. The highest BCUT2D eigenvalue weighted by Gasteiger charge is 2.24. The van der Waals surface area contributed by atoms with Crippen molar-refractivity contribution in [3.63, 3.8) is 0 Å². The fourth-order valence-electron chi connectivity index (χ4n) is 4.50. The third kappa shape index (κ3) is 3.94. The van der Waals surface area contributed by atoms with Crippen LogP contribution in [0.15, 0.2) is 48.5 Å². The zero-order chi connectivity index (χ0) is 23.2. The van der Waals surface area contributed by atoms with E-state index < -0.39 is 0 Å². The first kappa shape index (κ1) is 21.4. The van der Waals surface area contributed by atoms with Crippen LogP contribution >= 0.6 is 11.3 Å². The Balaban J connectivity index is 1.48. The predicted molar refractivity (Wildman–Crippen MR) is 134 cm³/mol. The van der Waals surface area contributed by atoms with Gasteiger partial charge in [0.15, 0.2) is 0 Å². The van der Waals surface area contributed by atoms with Gasteiger partial charge in [-0.15, -0.1) is 11.3 Å². The van der Waals surface area contributed by atoms with Crippen molar-refractivity contribution in [2.45, 2.75) is 52.0 Å². The summed E-state index contributed by atoms with van der Waals surface area (Å²) in [6.45, 7) is 6.71. The molecule has 0 bridgehead atoms. The topological polar surface area (TPSA) is 70.7 Å². The maximum absolute atomic E-state index is 13.1. The summed E-state index contributed by atoms with van der Waals surface area (Å²) in [5, 5.41) is 13.3. The number of nitrogens with zero attached hydrogens (tertiary/aromatic N) is 3. The van der Waals surface area contributed by atoms with E-state index in [1.54, 1.807) is 11.3 Å². The molecule has 0 saturated heterocycles. The minimum atomic E-state index is -0.151. The number of rotatable bonds is 4. The zero-order valence-electron chi connectivity index (χ0n) is 19.1. The van der Waals surface area contributed by atoms with Gasteiger partial charge in [0.1, 0.15) is 23.4 Å². The maximum Gasteiger partial charge on any atom is 0.245 e. The number of fused-ring (bicyclic) bond motifs is 2. The van der Waals surface area contributed by atoms with E-state index in [2.05, 4.69) is 56.4 Å². The molecule has 1 N–H and O–H groups in total. The van der Waals surface area contributed by atoms with Crippen molar-refractivity contribution in [1.82, 2.24) is 9.55 Å². The maximum atomic E-state index is 13.1. The van der Waals surface area contributed by atoms with E-state index in [-0.39, 0.29) is 17.9 Å². The third-order valence-corrected chi connectivity index (χ3v) is 7.46. The van der Waals surface area contributed by atoms with Crippen molar-refractivity contribution in [1.29, 1.82) is 5.26 Å². The minimum Gasteiger partial charge on any atom is -0.315 e. The number of para-hydroxylation sites is 2. The van der Waals surface area contributed by atoms with Gasteiger partial charge in [-0.2, -0.15) is 5.26 Å². The number of hydrogen-bond acceptors (Lipinski definition) is 4. The van der Waals surface area contributed by atoms with Gasteiger partial charge in [0, 0.05) is 10.4 Å². The van der Waals surface area contributed by atoms with E-state index in [9.17, 15) is 10.1 Å². The van der Waals surface area contributed by atoms with E-state index in [0.717, 1.165) is 47.2 Å². The molecule has 0 radical (unpaired) electrons. The molecule has 1 aliphatic carbocycles. The Bertz CT molecular complexity index is 1400. The van der Waals surface area contributed by atoms with Gasteiger partial charge >= 0.3 is 0 Å². The smallest absolute Gasteiger partial charge is 0.245 e. The summed E-state index contributed by atoms with van der Waals surface area (Å²) in [6.07, 6.45) is 3.00. The molecule has 166 valence electrons. The summed E-state index contributed by atoms with van der Waals surface area (Å²) in [6, 6.07) is 18.6. The molecule has 2 aromatic heterocycles. The molecule has 5 rings (SSSR count). The first-order valence-corrected chi connectivity index (χ1v) is 12.1. The van der Waals surface area contributed by atoms with E-state index in [1.807, 2.05) is 28.8 Å². The van der Waals surface area contributed by atoms with Gasteiger partial charge in [0.05, 0.1) is 16.6 Å². The lowest BCUT2D eigenvalue weighted by molar-refractivity contribution is -0.116. The number of amides is 1. The average Bonchev–Trinajstić information content (AvgIpc) is 3.46. The largest absolute Gasteiger partial charge is 0.315 e. The molecule has 0 fully saturated rings. The van der Waals surface area contributed by atoms with Crippen LogP contribution in [0.4, 0.5) is 5.00 Å². The predicted octanol–water partition coefficient (Wildman–Crippen LogP) is 6.06. The highest BCUT2D eigenvalue weighted by Crippen LogP contribution is 2.38. The fraction of sp³-hybridized carbons (Fsp3) is 0.296. The number of nitriles is 1. The van der Waals surface area contributed by atoms with Gasteiger partial charge in [-0.05, 0) is 47.9 Å². The minimum absolute atomic E-state index is 0.0675. The molecule has 1 aliphatic rings. The van der Waals surface area contributed by atoms with Crippen LogP contribution in [-0.2, 0) is 29.6 Å². The number of nitrogens with one attached hydrogen (secondary N) is 1. The number of imidazole rings is 1. The first-order chi connectivity index (χ1) is 15.8. The SMILES string of the molecule is CC(C)(C)c1ccc(-c2nc3ccccc3n2CC(=O)Nc2sc3c(c2C#N)CCC3)cc1.